The molecule has 1 N–H and O–H groups in total. The highest BCUT2D eigenvalue weighted by atomic mass is 16.5. The van der Waals surface area contributed by atoms with Gasteiger partial charge in [-0.15, -0.1) is 0 Å². The minimum absolute atomic E-state index is 0.216. The zero-order chi connectivity index (χ0) is 17.0. The first-order chi connectivity index (χ1) is 10.8. The topological polar surface area (TPSA) is 53.0 Å². The summed E-state index contributed by atoms with van der Waals surface area (Å²) in [5, 5.41) is 8.78. The van der Waals surface area contributed by atoms with E-state index in [0.717, 1.165) is 25.2 Å². The van der Waals surface area contributed by atoms with Crippen molar-refractivity contribution in [2.24, 2.45) is 5.92 Å². The SMILES string of the molecule is CN(Cc1ccccc1OCC(=O)O)CC1CCN(C)C1(C)C. The number of carboxylic acids is 1. The Bertz CT molecular complexity index is 545. The van der Waals surface area contributed by atoms with Gasteiger partial charge in [0, 0.05) is 24.2 Å². The average Bonchev–Trinajstić information content (AvgIpc) is 2.73. The quantitative estimate of drug-likeness (QED) is 0.835. The van der Waals surface area contributed by atoms with Crippen LogP contribution in [0.2, 0.25) is 0 Å². The smallest absolute Gasteiger partial charge is 0.341 e. The van der Waals surface area contributed by atoms with Crippen molar-refractivity contribution in [3.05, 3.63) is 29.8 Å². The Kier molecular flexibility index (Phi) is 5.65. The Morgan fingerprint density at radius 1 is 1.43 bits per heavy atom. The summed E-state index contributed by atoms with van der Waals surface area (Å²) in [6, 6.07) is 7.67. The predicted octanol–water partition coefficient (Wildman–Crippen LogP) is 2.31. The van der Waals surface area contributed by atoms with Crippen molar-refractivity contribution in [2.75, 3.05) is 33.8 Å². The summed E-state index contributed by atoms with van der Waals surface area (Å²) in [5.41, 5.74) is 1.24. The molecule has 2 rings (SSSR count). The number of carboxylic acid groups (broad SMARTS) is 1. The lowest BCUT2D eigenvalue weighted by Crippen LogP contribution is -2.43. The molecule has 1 unspecified atom stereocenters. The lowest BCUT2D eigenvalue weighted by Gasteiger charge is -2.35. The Morgan fingerprint density at radius 3 is 2.74 bits per heavy atom. The van der Waals surface area contributed by atoms with E-state index < -0.39 is 5.97 Å². The summed E-state index contributed by atoms with van der Waals surface area (Å²) in [7, 11) is 4.30. The highest BCUT2D eigenvalue weighted by molar-refractivity contribution is 5.68. The lowest BCUT2D eigenvalue weighted by molar-refractivity contribution is -0.139. The van der Waals surface area contributed by atoms with Gasteiger partial charge in [-0.25, -0.2) is 4.79 Å². The van der Waals surface area contributed by atoms with E-state index in [2.05, 4.69) is 37.7 Å². The molecule has 0 spiro atoms. The zero-order valence-electron chi connectivity index (χ0n) is 14.6. The number of para-hydroxylation sites is 1. The van der Waals surface area contributed by atoms with Gasteiger partial charge in [0.2, 0.25) is 0 Å². The van der Waals surface area contributed by atoms with E-state index in [1.807, 2.05) is 24.3 Å². The highest BCUT2D eigenvalue weighted by Crippen LogP contribution is 2.33. The van der Waals surface area contributed by atoms with Gasteiger partial charge in [-0.1, -0.05) is 18.2 Å². The normalized spacial score (nSPS) is 20.8. The van der Waals surface area contributed by atoms with E-state index in [0.29, 0.717) is 11.7 Å². The molecule has 1 aromatic carbocycles. The standard InChI is InChI=1S/C18H28N2O3/c1-18(2)15(9-10-20(18)4)12-19(3)11-14-7-5-6-8-16(14)23-13-17(21)22/h5-8,15H,9-13H2,1-4H3,(H,21,22). The number of hydrogen-bond acceptors (Lipinski definition) is 4. The molecule has 1 heterocycles. The molecule has 0 saturated carbocycles. The van der Waals surface area contributed by atoms with Gasteiger partial charge in [0.05, 0.1) is 0 Å². The molecule has 23 heavy (non-hydrogen) atoms. The van der Waals surface area contributed by atoms with E-state index in [9.17, 15) is 4.79 Å². The van der Waals surface area contributed by atoms with E-state index in [1.165, 1.54) is 6.42 Å². The largest absolute Gasteiger partial charge is 0.482 e. The Morgan fingerprint density at radius 2 is 2.13 bits per heavy atom. The molecule has 1 aromatic rings. The number of carbonyl (C=O) groups is 1. The number of aliphatic carboxylic acids is 1. The van der Waals surface area contributed by atoms with Gasteiger partial charge >= 0.3 is 5.97 Å². The van der Waals surface area contributed by atoms with Gasteiger partial charge in [-0.3, -0.25) is 0 Å². The van der Waals surface area contributed by atoms with Gasteiger partial charge in [-0.05, 0) is 52.9 Å². The van der Waals surface area contributed by atoms with Crippen LogP contribution >= 0.6 is 0 Å². The molecule has 0 aromatic heterocycles. The van der Waals surface area contributed by atoms with Crippen molar-refractivity contribution in [3.8, 4) is 5.75 Å². The highest BCUT2D eigenvalue weighted by Gasteiger charge is 2.39. The Balaban J connectivity index is 1.98. The first-order valence-corrected chi connectivity index (χ1v) is 8.13. The third kappa shape index (κ3) is 4.45. The number of rotatable bonds is 7. The minimum Gasteiger partial charge on any atom is -0.482 e. The molecule has 1 aliphatic rings. The summed E-state index contributed by atoms with van der Waals surface area (Å²) >= 11 is 0. The third-order valence-corrected chi connectivity index (χ3v) is 5.09. The van der Waals surface area contributed by atoms with E-state index >= 15 is 0 Å². The van der Waals surface area contributed by atoms with Crippen LogP contribution in [0.15, 0.2) is 24.3 Å². The molecule has 0 aliphatic carbocycles. The predicted molar refractivity (Wildman–Crippen MR) is 90.7 cm³/mol. The fourth-order valence-corrected chi connectivity index (χ4v) is 3.26. The molecule has 1 fully saturated rings. The Labute approximate surface area is 138 Å². The number of ether oxygens (including phenoxy) is 1. The second kappa shape index (κ2) is 7.32. The van der Waals surface area contributed by atoms with E-state index in [1.54, 1.807) is 0 Å². The van der Waals surface area contributed by atoms with Crippen LogP contribution in [0.3, 0.4) is 0 Å². The average molecular weight is 320 g/mol. The third-order valence-electron chi connectivity index (χ3n) is 5.09. The maximum absolute atomic E-state index is 10.7. The van der Waals surface area contributed by atoms with Gasteiger partial charge in [-0.2, -0.15) is 0 Å². The summed E-state index contributed by atoms with van der Waals surface area (Å²) < 4.78 is 5.39. The fourth-order valence-electron chi connectivity index (χ4n) is 3.26. The van der Waals surface area contributed by atoms with Gasteiger partial charge in [0.15, 0.2) is 6.61 Å². The summed E-state index contributed by atoms with van der Waals surface area (Å²) in [6.07, 6.45) is 1.21. The van der Waals surface area contributed by atoms with Crippen molar-refractivity contribution < 1.29 is 14.6 Å². The number of likely N-dealkylation sites (tertiary alicyclic amines) is 1. The molecule has 0 radical (unpaired) electrons. The second-order valence-electron chi connectivity index (χ2n) is 7.05. The van der Waals surface area contributed by atoms with E-state index in [4.69, 9.17) is 9.84 Å². The van der Waals surface area contributed by atoms with Crippen LogP contribution in [0.1, 0.15) is 25.8 Å². The summed E-state index contributed by atoms with van der Waals surface area (Å²) in [4.78, 5) is 15.4. The molecule has 5 nitrogen and oxygen atoms in total. The minimum atomic E-state index is -0.955. The molecule has 1 aliphatic heterocycles. The fraction of sp³-hybridized carbons (Fsp3) is 0.611. The van der Waals surface area contributed by atoms with Crippen molar-refractivity contribution >= 4 is 5.97 Å². The van der Waals surface area contributed by atoms with Crippen LogP contribution in [0, 0.1) is 5.92 Å². The molecule has 1 saturated heterocycles. The van der Waals surface area contributed by atoms with Crippen molar-refractivity contribution in [1.82, 2.24) is 9.80 Å². The monoisotopic (exact) mass is 320 g/mol. The zero-order valence-corrected chi connectivity index (χ0v) is 14.6. The lowest BCUT2D eigenvalue weighted by atomic mass is 9.88. The molecule has 5 heteroatoms. The summed E-state index contributed by atoms with van der Waals surface area (Å²) in [6.45, 7) is 7.23. The van der Waals surface area contributed by atoms with Crippen LogP contribution < -0.4 is 4.74 Å². The van der Waals surface area contributed by atoms with Gasteiger partial charge in [0.1, 0.15) is 5.75 Å². The number of hydrogen-bond donors (Lipinski definition) is 1. The van der Waals surface area contributed by atoms with Crippen LogP contribution in [0.5, 0.6) is 5.75 Å². The maximum Gasteiger partial charge on any atom is 0.341 e. The molecular weight excluding hydrogens is 292 g/mol. The van der Waals surface area contributed by atoms with Gasteiger partial charge in [0.25, 0.3) is 0 Å². The first-order valence-electron chi connectivity index (χ1n) is 8.13. The maximum atomic E-state index is 10.7. The van der Waals surface area contributed by atoms with E-state index in [-0.39, 0.29) is 12.1 Å². The molecular formula is C18H28N2O3. The Hall–Kier alpha value is -1.59. The van der Waals surface area contributed by atoms with Crippen molar-refractivity contribution in [1.29, 1.82) is 0 Å². The second-order valence-corrected chi connectivity index (χ2v) is 7.05. The molecule has 0 amide bonds. The van der Waals surface area contributed by atoms with Crippen molar-refractivity contribution in [3.63, 3.8) is 0 Å². The van der Waals surface area contributed by atoms with Crippen LogP contribution in [-0.4, -0.2) is 60.2 Å². The van der Waals surface area contributed by atoms with Crippen molar-refractivity contribution in [2.45, 2.75) is 32.4 Å². The number of nitrogens with zero attached hydrogens (tertiary/aromatic N) is 2. The molecule has 0 bridgehead atoms. The summed E-state index contributed by atoms with van der Waals surface area (Å²) in [5.74, 6) is 0.332. The molecule has 128 valence electrons. The van der Waals surface area contributed by atoms with Crippen LogP contribution in [0.25, 0.3) is 0 Å². The first kappa shape index (κ1) is 17.8. The number of benzene rings is 1. The molecule has 1 atom stereocenters. The van der Waals surface area contributed by atoms with Crippen LogP contribution in [-0.2, 0) is 11.3 Å². The van der Waals surface area contributed by atoms with Gasteiger partial charge < -0.3 is 19.6 Å². The van der Waals surface area contributed by atoms with Crippen LogP contribution in [0.4, 0.5) is 0 Å².